The van der Waals surface area contributed by atoms with Gasteiger partial charge in [-0.05, 0) is 76.2 Å². The molecule has 0 saturated heterocycles. The van der Waals surface area contributed by atoms with Gasteiger partial charge in [0.15, 0.2) is 0 Å². The summed E-state index contributed by atoms with van der Waals surface area (Å²) in [6, 6.07) is 11.1. The first kappa shape index (κ1) is 27.2. The highest BCUT2D eigenvalue weighted by atomic mass is 32.2. The van der Waals surface area contributed by atoms with Gasteiger partial charge in [-0.15, -0.1) is 0 Å². The second kappa shape index (κ2) is 10.5. The van der Waals surface area contributed by atoms with Gasteiger partial charge in [0.05, 0.1) is 34.2 Å². The SMILES string of the molecule is CC(C)(O)CCOS(=O)(=O)c1ccc(Oc2ccc(S(=O)(=O)OCCC(C)(C)O)cc2)cc1. The Labute approximate surface area is 195 Å². The Morgan fingerprint density at radius 1 is 0.636 bits per heavy atom. The Bertz CT molecular complexity index is 1020. The van der Waals surface area contributed by atoms with Crippen LogP contribution < -0.4 is 4.74 Å². The van der Waals surface area contributed by atoms with Crippen molar-refractivity contribution in [3.63, 3.8) is 0 Å². The number of hydrogen-bond donors (Lipinski definition) is 2. The Balaban J connectivity index is 1.98. The van der Waals surface area contributed by atoms with Gasteiger partial charge >= 0.3 is 0 Å². The lowest BCUT2D eigenvalue weighted by Gasteiger charge is -2.16. The molecule has 9 nitrogen and oxygen atoms in total. The van der Waals surface area contributed by atoms with Crippen LogP contribution in [-0.2, 0) is 28.6 Å². The molecule has 0 radical (unpaired) electrons. The van der Waals surface area contributed by atoms with Crippen molar-refractivity contribution in [2.24, 2.45) is 0 Å². The topological polar surface area (TPSA) is 136 Å². The highest BCUT2D eigenvalue weighted by Gasteiger charge is 2.20. The summed E-state index contributed by atoms with van der Waals surface area (Å²) in [6.45, 7) is 5.93. The molecule has 0 aromatic heterocycles. The van der Waals surface area contributed by atoms with E-state index in [0.717, 1.165) is 0 Å². The summed E-state index contributed by atoms with van der Waals surface area (Å²) in [5.41, 5.74) is -2.07. The number of aliphatic hydroxyl groups is 2. The van der Waals surface area contributed by atoms with Gasteiger partial charge in [0, 0.05) is 12.8 Å². The van der Waals surface area contributed by atoms with Crippen molar-refractivity contribution in [1.29, 1.82) is 0 Å². The van der Waals surface area contributed by atoms with Gasteiger partial charge < -0.3 is 14.9 Å². The molecule has 0 spiro atoms. The Morgan fingerprint density at radius 3 is 1.21 bits per heavy atom. The predicted molar refractivity (Wildman–Crippen MR) is 121 cm³/mol. The summed E-state index contributed by atoms with van der Waals surface area (Å²) in [7, 11) is -7.95. The van der Waals surface area contributed by atoms with Gasteiger partial charge in [-0.2, -0.15) is 16.8 Å². The van der Waals surface area contributed by atoms with Gasteiger partial charge in [0.25, 0.3) is 20.2 Å². The van der Waals surface area contributed by atoms with Gasteiger partial charge in [-0.3, -0.25) is 8.37 Å². The molecular formula is C22H30O9S2. The van der Waals surface area contributed by atoms with Crippen LogP contribution in [0.2, 0.25) is 0 Å². The molecule has 0 aliphatic rings. The molecule has 0 fully saturated rings. The first-order chi connectivity index (χ1) is 15.1. The van der Waals surface area contributed by atoms with Crippen LogP contribution in [0.1, 0.15) is 40.5 Å². The van der Waals surface area contributed by atoms with Gasteiger partial charge in [0.2, 0.25) is 0 Å². The minimum atomic E-state index is -3.97. The first-order valence-corrected chi connectivity index (χ1v) is 13.0. The second-order valence-corrected chi connectivity index (χ2v) is 12.0. The Kier molecular flexibility index (Phi) is 8.66. The molecule has 0 heterocycles. The van der Waals surface area contributed by atoms with Crippen molar-refractivity contribution in [3.05, 3.63) is 48.5 Å². The third-order valence-corrected chi connectivity index (χ3v) is 7.02. The molecule has 0 aliphatic heterocycles. The van der Waals surface area contributed by atoms with Gasteiger partial charge in [0.1, 0.15) is 11.5 Å². The van der Waals surface area contributed by atoms with Crippen LogP contribution in [0.25, 0.3) is 0 Å². The summed E-state index contributed by atoms with van der Waals surface area (Å²) in [5, 5.41) is 19.3. The molecule has 2 aromatic carbocycles. The number of ether oxygens (including phenoxy) is 1. The maximum Gasteiger partial charge on any atom is 0.296 e. The fourth-order valence-electron chi connectivity index (χ4n) is 2.42. The van der Waals surface area contributed by atoms with Crippen LogP contribution in [0.3, 0.4) is 0 Å². The molecule has 0 aliphatic carbocycles. The van der Waals surface area contributed by atoms with Crippen molar-refractivity contribution in [2.45, 2.75) is 61.5 Å². The average Bonchev–Trinajstić information content (AvgIpc) is 2.66. The minimum absolute atomic E-state index is 0.0600. The minimum Gasteiger partial charge on any atom is -0.457 e. The zero-order chi connectivity index (χ0) is 24.9. The average molecular weight is 503 g/mol. The van der Waals surface area contributed by atoms with Crippen molar-refractivity contribution >= 4 is 20.2 Å². The molecule has 2 aromatic rings. The summed E-state index contributed by atoms with van der Waals surface area (Å²) >= 11 is 0. The quantitative estimate of drug-likeness (QED) is 0.419. The fourth-order valence-corrected chi connectivity index (χ4v) is 4.24. The van der Waals surface area contributed by atoms with Crippen LogP contribution in [0, 0.1) is 0 Å². The lowest BCUT2D eigenvalue weighted by atomic mass is 10.1. The van der Waals surface area contributed by atoms with E-state index in [-0.39, 0.29) is 35.8 Å². The van der Waals surface area contributed by atoms with E-state index in [1.165, 1.54) is 48.5 Å². The van der Waals surface area contributed by atoms with E-state index in [1.807, 2.05) is 0 Å². The third kappa shape index (κ3) is 9.40. The zero-order valence-electron chi connectivity index (χ0n) is 19.0. The molecule has 2 rings (SSSR count). The van der Waals surface area contributed by atoms with Crippen molar-refractivity contribution in [2.75, 3.05) is 13.2 Å². The monoisotopic (exact) mass is 502 g/mol. The molecule has 0 amide bonds. The van der Waals surface area contributed by atoms with E-state index in [9.17, 15) is 27.0 Å². The predicted octanol–water partition coefficient (Wildman–Crippen LogP) is 3.21. The summed E-state index contributed by atoms with van der Waals surface area (Å²) in [4.78, 5) is -0.120. The Hall–Kier alpha value is -2.02. The highest BCUT2D eigenvalue weighted by molar-refractivity contribution is 7.87. The third-order valence-electron chi connectivity index (χ3n) is 4.37. The number of benzene rings is 2. The molecule has 0 unspecified atom stereocenters. The maximum atomic E-state index is 12.2. The van der Waals surface area contributed by atoms with E-state index >= 15 is 0 Å². The molecule has 0 saturated carbocycles. The van der Waals surface area contributed by atoms with Gasteiger partial charge in [-0.25, -0.2) is 0 Å². The highest BCUT2D eigenvalue weighted by Crippen LogP contribution is 2.26. The molecule has 11 heteroatoms. The molecule has 2 N–H and O–H groups in total. The van der Waals surface area contributed by atoms with Crippen LogP contribution in [0.4, 0.5) is 0 Å². The van der Waals surface area contributed by atoms with Crippen LogP contribution >= 0.6 is 0 Å². The molecule has 184 valence electrons. The smallest absolute Gasteiger partial charge is 0.296 e. The van der Waals surface area contributed by atoms with Crippen molar-refractivity contribution in [1.82, 2.24) is 0 Å². The standard InChI is InChI=1S/C22H30O9S2/c1-21(2,23)13-15-29-32(25,26)19-9-5-17(6-10-19)31-18-7-11-20(12-8-18)33(27,28)30-16-14-22(3,4)24/h5-12,23-24H,13-16H2,1-4H3. The molecular weight excluding hydrogens is 472 g/mol. The summed E-state index contributed by atoms with van der Waals surface area (Å²) in [5.74, 6) is 0.671. The molecule has 0 bridgehead atoms. The Morgan fingerprint density at radius 2 is 0.939 bits per heavy atom. The van der Waals surface area contributed by atoms with E-state index in [4.69, 9.17) is 13.1 Å². The van der Waals surface area contributed by atoms with Crippen LogP contribution in [-0.4, -0.2) is 51.5 Å². The normalized spacial score (nSPS) is 13.2. The van der Waals surface area contributed by atoms with E-state index in [0.29, 0.717) is 11.5 Å². The lowest BCUT2D eigenvalue weighted by Crippen LogP contribution is -2.22. The number of rotatable bonds is 12. The first-order valence-electron chi connectivity index (χ1n) is 10.2. The van der Waals surface area contributed by atoms with E-state index in [1.54, 1.807) is 27.7 Å². The van der Waals surface area contributed by atoms with Crippen molar-refractivity contribution in [3.8, 4) is 11.5 Å². The summed E-state index contributed by atoms with van der Waals surface area (Å²) < 4.78 is 64.4. The fraction of sp³-hybridized carbons (Fsp3) is 0.455. The zero-order valence-corrected chi connectivity index (χ0v) is 20.6. The van der Waals surface area contributed by atoms with Crippen molar-refractivity contribution < 1.29 is 40.2 Å². The van der Waals surface area contributed by atoms with E-state index < -0.39 is 31.4 Å². The van der Waals surface area contributed by atoms with E-state index in [2.05, 4.69) is 0 Å². The largest absolute Gasteiger partial charge is 0.457 e. The number of hydrogen-bond acceptors (Lipinski definition) is 9. The molecule has 0 atom stereocenters. The maximum absolute atomic E-state index is 12.2. The molecule has 33 heavy (non-hydrogen) atoms. The van der Waals surface area contributed by atoms with Crippen LogP contribution in [0.5, 0.6) is 11.5 Å². The second-order valence-electron chi connectivity index (χ2n) is 8.72. The summed E-state index contributed by atoms with van der Waals surface area (Å²) in [6.07, 6.45) is 0.313. The van der Waals surface area contributed by atoms with Crippen LogP contribution in [0.15, 0.2) is 58.3 Å². The lowest BCUT2D eigenvalue weighted by molar-refractivity contribution is 0.0555. The van der Waals surface area contributed by atoms with Gasteiger partial charge in [-0.1, -0.05) is 0 Å².